The minimum Gasteiger partial charge on any atom is -0.496 e. The molecule has 2 aromatic rings. The zero-order valence-corrected chi connectivity index (χ0v) is 14.0. The second kappa shape index (κ2) is 10.6. The summed E-state index contributed by atoms with van der Waals surface area (Å²) in [6.45, 7) is 8.10. The molecular formula is C17H23BrO. The molecule has 0 aliphatic rings. The number of para-hydroxylation sites is 1. The number of ether oxygens (including phenoxy) is 1. The third-order valence-corrected chi connectivity index (χ3v) is 2.79. The molecule has 0 bridgehead atoms. The number of hydrogen-bond acceptors (Lipinski definition) is 1. The van der Waals surface area contributed by atoms with Gasteiger partial charge >= 0.3 is 0 Å². The van der Waals surface area contributed by atoms with Gasteiger partial charge < -0.3 is 4.74 Å². The fraction of sp³-hybridized carbons (Fsp3) is 0.294. The van der Waals surface area contributed by atoms with Gasteiger partial charge in [0, 0.05) is 4.47 Å². The summed E-state index contributed by atoms with van der Waals surface area (Å²) in [6, 6.07) is 16.1. The second-order valence-electron chi connectivity index (χ2n) is 3.77. The van der Waals surface area contributed by atoms with E-state index >= 15 is 0 Å². The average molecular weight is 323 g/mol. The number of aryl methyl sites for hydroxylation is 2. The van der Waals surface area contributed by atoms with Crippen molar-refractivity contribution in [1.29, 1.82) is 0 Å². The molecule has 19 heavy (non-hydrogen) atoms. The Morgan fingerprint density at radius 3 is 1.89 bits per heavy atom. The van der Waals surface area contributed by atoms with Gasteiger partial charge in [0.05, 0.1) is 7.11 Å². The molecule has 0 heterocycles. The van der Waals surface area contributed by atoms with E-state index in [0.717, 1.165) is 10.2 Å². The van der Waals surface area contributed by atoms with Crippen molar-refractivity contribution >= 4 is 15.9 Å². The Morgan fingerprint density at radius 1 is 0.895 bits per heavy atom. The average Bonchev–Trinajstić information content (AvgIpc) is 2.42. The molecular weight excluding hydrogens is 300 g/mol. The van der Waals surface area contributed by atoms with Gasteiger partial charge in [0.2, 0.25) is 0 Å². The highest BCUT2D eigenvalue weighted by atomic mass is 79.9. The summed E-state index contributed by atoms with van der Waals surface area (Å²) >= 11 is 3.36. The normalized spacial score (nSPS) is 8.53. The smallest absolute Gasteiger partial charge is 0.121 e. The van der Waals surface area contributed by atoms with Gasteiger partial charge in [-0.05, 0) is 37.6 Å². The SMILES string of the molecule is CC.COc1ccccc1C.Cc1cccc(Br)c1. The standard InChI is InChI=1S/C8H10O.C7H7Br.C2H6/c1-7-5-3-4-6-8(7)9-2;1-6-3-2-4-7(8)5-6;1-2/h3-6H,1-2H3;2-5H,1H3;1-2H3. The zero-order valence-electron chi connectivity index (χ0n) is 12.4. The van der Waals surface area contributed by atoms with Gasteiger partial charge in [-0.3, -0.25) is 0 Å². The van der Waals surface area contributed by atoms with E-state index in [0.29, 0.717) is 0 Å². The van der Waals surface area contributed by atoms with Crippen LogP contribution in [0.4, 0.5) is 0 Å². The van der Waals surface area contributed by atoms with Crippen molar-refractivity contribution in [3.63, 3.8) is 0 Å². The fourth-order valence-electron chi connectivity index (χ4n) is 1.39. The third-order valence-electron chi connectivity index (χ3n) is 2.29. The molecule has 0 fully saturated rings. The van der Waals surface area contributed by atoms with Crippen LogP contribution in [0.5, 0.6) is 5.75 Å². The maximum atomic E-state index is 5.04. The lowest BCUT2D eigenvalue weighted by atomic mass is 10.2. The Labute approximate surface area is 125 Å². The van der Waals surface area contributed by atoms with Gasteiger partial charge in [0.1, 0.15) is 5.75 Å². The largest absolute Gasteiger partial charge is 0.496 e. The first-order valence-electron chi connectivity index (χ1n) is 6.45. The van der Waals surface area contributed by atoms with Crippen molar-refractivity contribution in [2.75, 3.05) is 7.11 Å². The highest BCUT2D eigenvalue weighted by Crippen LogP contribution is 2.14. The summed E-state index contributed by atoms with van der Waals surface area (Å²) < 4.78 is 6.20. The van der Waals surface area contributed by atoms with Crippen LogP contribution in [0.1, 0.15) is 25.0 Å². The van der Waals surface area contributed by atoms with E-state index < -0.39 is 0 Å². The highest BCUT2D eigenvalue weighted by Gasteiger charge is 1.90. The fourth-order valence-corrected chi connectivity index (χ4v) is 1.90. The van der Waals surface area contributed by atoms with Crippen LogP contribution in [-0.4, -0.2) is 7.11 Å². The number of benzene rings is 2. The van der Waals surface area contributed by atoms with Crippen molar-refractivity contribution in [3.05, 3.63) is 64.1 Å². The van der Waals surface area contributed by atoms with Gasteiger partial charge in [0.15, 0.2) is 0 Å². The molecule has 2 rings (SSSR count). The Kier molecular flexibility index (Phi) is 9.91. The molecule has 0 unspecified atom stereocenters. The van der Waals surface area contributed by atoms with Crippen molar-refractivity contribution in [3.8, 4) is 5.75 Å². The zero-order chi connectivity index (χ0) is 14.7. The Hall–Kier alpha value is -1.28. The Morgan fingerprint density at radius 2 is 1.53 bits per heavy atom. The maximum Gasteiger partial charge on any atom is 0.121 e. The third kappa shape index (κ3) is 7.68. The number of halogens is 1. The molecule has 0 saturated heterocycles. The molecule has 104 valence electrons. The van der Waals surface area contributed by atoms with Crippen LogP contribution >= 0.6 is 15.9 Å². The number of methoxy groups -OCH3 is 1. The number of hydrogen-bond donors (Lipinski definition) is 0. The first-order valence-corrected chi connectivity index (χ1v) is 7.24. The molecule has 0 atom stereocenters. The van der Waals surface area contributed by atoms with Crippen LogP contribution < -0.4 is 4.74 Å². The molecule has 2 heteroatoms. The minimum absolute atomic E-state index is 0.956. The van der Waals surface area contributed by atoms with Crippen LogP contribution in [0.2, 0.25) is 0 Å². The lowest BCUT2D eigenvalue weighted by molar-refractivity contribution is 0.411. The highest BCUT2D eigenvalue weighted by molar-refractivity contribution is 9.10. The maximum absolute atomic E-state index is 5.04. The first-order chi connectivity index (χ1) is 9.13. The summed E-state index contributed by atoms with van der Waals surface area (Å²) in [5, 5.41) is 0. The van der Waals surface area contributed by atoms with Gasteiger partial charge in [-0.15, -0.1) is 0 Å². The lowest BCUT2D eigenvalue weighted by Gasteiger charge is -2.00. The van der Waals surface area contributed by atoms with Crippen molar-refractivity contribution < 1.29 is 4.74 Å². The van der Waals surface area contributed by atoms with E-state index in [2.05, 4.69) is 35.0 Å². The van der Waals surface area contributed by atoms with E-state index in [4.69, 9.17) is 4.74 Å². The Bertz CT molecular complexity index is 449. The van der Waals surface area contributed by atoms with Gasteiger partial charge in [-0.25, -0.2) is 0 Å². The Balaban J connectivity index is 0.000000303. The molecule has 0 aliphatic heterocycles. The van der Waals surface area contributed by atoms with Crippen molar-refractivity contribution in [1.82, 2.24) is 0 Å². The molecule has 0 aromatic heterocycles. The molecule has 2 aromatic carbocycles. The summed E-state index contributed by atoms with van der Waals surface area (Å²) in [6.07, 6.45) is 0. The second-order valence-corrected chi connectivity index (χ2v) is 4.68. The van der Waals surface area contributed by atoms with Crippen molar-refractivity contribution in [2.24, 2.45) is 0 Å². The summed E-state index contributed by atoms with van der Waals surface area (Å²) in [5.41, 5.74) is 2.47. The van der Waals surface area contributed by atoms with Gasteiger partial charge in [-0.1, -0.05) is 65.7 Å². The van der Waals surface area contributed by atoms with Crippen LogP contribution in [0.25, 0.3) is 0 Å². The lowest BCUT2D eigenvalue weighted by Crippen LogP contribution is -1.84. The van der Waals surface area contributed by atoms with Crippen LogP contribution in [-0.2, 0) is 0 Å². The van der Waals surface area contributed by atoms with E-state index in [-0.39, 0.29) is 0 Å². The quantitative estimate of drug-likeness (QED) is 0.645. The summed E-state index contributed by atoms with van der Waals surface area (Å²) in [7, 11) is 1.68. The molecule has 0 radical (unpaired) electrons. The molecule has 0 N–H and O–H groups in total. The minimum atomic E-state index is 0.956. The van der Waals surface area contributed by atoms with Crippen LogP contribution in [0, 0.1) is 13.8 Å². The number of rotatable bonds is 1. The van der Waals surface area contributed by atoms with E-state index in [1.165, 1.54) is 11.1 Å². The molecule has 1 nitrogen and oxygen atoms in total. The van der Waals surface area contributed by atoms with Crippen molar-refractivity contribution in [2.45, 2.75) is 27.7 Å². The van der Waals surface area contributed by atoms with E-state index in [1.807, 2.05) is 57.2 Å². The van der Waals surface area contributed by atoms with Crippen LogP contribution in [0.15, 0.2) is 53.0 Å². The predicted octanol–water partition coefficient (Wildman–Crippen LogP) is 5.79. The molecule has 0 saturated carbocycles. The topological polar surface area (TPSA) is 9.23 Å². The predicted molar refractivity (Wildman–Crippen MR) is 88.0 cm³/mol. The first kappa shape index (κ1) is 17.7. The van der Waals surface area contributed by atoms with Gasteiger partial charge in [0.25, 0.3) is 0 Å². The monoisotopic (exact) mass is 322 g/mol. The summed E-state index contributed by atoms with van der Waals surface area (Å²) in [4.78, 5) is 0. The van der Waals surface area contributed by atoms with Gasteiger partial charge in [-0.2, -0.15) is 0 Å². The van der Waals surface area contributed by atoms with Crippen LogP contribution in [0.3, 0.4) is 0 Å². The molecule has 0 aliphatic carbocycles. The molecule has 0 spiro atoms. The van der Waals surface area contributed by atoms with E-state index in [1.54, 1.807) is 7.11 Å². The summed E-state index contributed by atoms with van der Waals surface area (Å²) in [5.74, 6) is 0.956. The van der Waals surface area contributed by atoms with E-state index in [9.17, 15) is 0 Å². The molecule has 0 amide bonds.